The number of hydrogen-bond acceptors (Lipinski definition) is 2. The summed E-state index contributed by atoms with van der Waals surface area (Å²) < 4.78 is 1.11. The standard InChI is InChI=1S/C12H18BrNO/c1-3-10(8-15)14-9(2)11-6-4-5-7-12(11)13/h4-7,9-10,14-15H,3,8H2,1-2H3. The van der Waals surface area contributed by atoms with Gasteiger partial charge in [-0.1, -0.05) is 41.1 Å². The second-order valence-electron chi connectivity index (χ2n) is 3.70. The van der Waals surface area contributed by atoms with Crippen molar-refractivity contribution in [1.82, 2.24) is 5.32 Å². The molecule has 0 aliphatic heterocycles. The van der Waals surface area contributed by atoms with Gasteiger partial charge in [0.05, 0.1) is 6.61 Å². The molecule has 0 saturated carbocycles. The molecule has 1 rings (SSSR count). The first-order valence-electron chi connectivity index (χ1n) is 5.30. The van der Waals surface area contributed by atoms with E-state index >= 15 is 0 Å². The monoisotopic (exact) mass is 271 g/mol. The summed E-state index contributed by atoms with van der Waals surface area (Å²) >= 11 is 3.53. The Balaban J connectivity index is 2.68. The summed E-state index contributed by atoms with van der Waals surface area (Å²) in [7, 11) is 0. The van der Waals surface area contributed by atoms with E-state index in [-0.39, 0.29) is 18.7 Å². The highest BCUT2D eigenvalue weighted by Gasteiger charge is 2.12. The van der Waals surface area contributed by atoms with Gasteiger partial charge in [-0.25, -0.2) is 0 Å². The molecule has 0 aliphatic rings. The van der Waals surface area contributed by atoms with Crippen LogP contribution in [0.2, 0.25) is 0 Å². The number of benzene rings is 1. The normalized spacial score (nSPS) is 14.9. The molecule has 0 fully saturated rings. The van der Waals surface area contributed by atoms with Crippen LogP contribution in [-0.2, 0) is 0 Å². The zero-order chi connectivity index (χ0) is 11.3. The van der Waals surface area contributed by atoms with Gasteiger partial charge in [0, 0.05) is 16.6 Å². The predicted molar refractivity (Wildman–Crippen MR) is 66.9 cm³/mol. The van der Waals surface area contributed by atoms with Crippen LogP contribution in [0.15, 0.2) is 28.7 Å². The first kappa shape index (κ1) is 12.7. The molecule has 0 aliphatic carbocycles. The van der Waals surface area contributed by atoms with Gasteiger partial charge in [-0.3, -0.25) is 0 Å². The summed E-state index contributed by atoms with van der Waals surface area (Å²) in [6.07, 6.45) is 0.936. The van der Waals surface area contributed by atoms with Crippen molar-refractivity contribution < 1.29 is 5.11 Å². The quantitative estimate of drug-likeness (QED) is 0.863. The lowest BCUT2D eigenvalue weighted by Gasteiger charge is -2.21. The van der Waals surface area contributed by atoms with E-state index in [0.29, 0.717) is 0 Å². The molecule has 0 aromatic heterocycles. The van der Waals surface area contributed by atoms with E-state index in [0.717, 1.165) is 10.9 Å². The molecule has 0 amide bonds. The summed E-state index contributed by atoms with van der Waals surface area (Å²) in [5.41, 5.74) is 1.23. The van der Waals surface area contributed by atoms with Crippen LogP contribution in [0.3, 0.4) is 0 Å². The summed E-state index contributed by atoms with van der Waals surface area (Å²) in [6, 6.07) is 8.57. The van der Waals surface area contributed by atoms with Crippen LogP contribution in [0.1, 0.15) is 31.9 Å². The molecule has 0 spiro atoms. The highest BCUT2D eigenvalue weighted by atomic mass is 79.9. The number of aliphatic hydroxyl groups is 1. The largest absolute Gasteiger partial charge is 0.395 e. The minimum absolute atomic E-state index is 0.173. The topological polar surface area (TPSA) is 32.3 Å². The third-order valence-electron chi connectivity index (χ3n) is 2.57. The highest BCUT2D eigenvalue weighted by Crippen LogP contribution is 2.23. The van der Waals surface area contributed by atoms with E-state index in [1.54, 1.807) is 0 Å². The van der Waals surface area contributed by atoms with Crippen molar-refractivity contribution >= 4 is 15.9 Å². The Morgan fingerprint density at radius 2 is 2.07 bits per heavy atom. The van der Waals surface area contributed by atoms with Crippen molar-refractivity contribution in [1.29, 1.82) is 0 Å². The van der Waals surface area contributed by atoms with E-state index in [4.69, 9.17) is 5.11 Å². The molecule has 2 atom stereocenters. The van der Waals surface area contributed by atoms with E-state index in [9.17, 15) is 0 Å². The maximum atomic E-state index is 9.12. The Morgan fingerprint density at radius 3 is 2.60 bits per heavy atom. The van der Waals surface area contributed by atoms with Crippen molar-refractivity contribution in [3.63, 3.8) is 0 Å². The molecule has 1 aromatic rings. The molecule has 0 saturated heterocycles. The van der Waals surface area contributed by atoms with Gasteiger partial charge in [0.2, 0.25) is 0 Å². The van der Waals surface area contributed by atoms with Gasteiger partial charge in [-0.05, 0) is 25.0 Å². The smallest absolute Gasteiger partial charge is 0.0584 e. The lowest BCUT2D eigenvalue weighted by Crippen LogP contribution is -2.34. The Kier molecular flexibility index (Phi) is 5.29. The van der Waals surface area contributed by atoms with Crippen LogP contribution >= 0.6 is 15.9 Å². The Morgan fingerprint density at radius 1 is 1.40 bits per heavy atom. The SMILES string of the molecule is CCC(CO)NC(C)c1ccccc1Br. The molecule has 0 heterocycles. The van der Waals surface area contributed by atoms with Crippen LogP contribution in [-0.4, -0.2) is 17.8 Å². The Labute approximate surface area is 99.8 Å². The number of aliphatic hydroxyl groups excluding tert-OH is 1. The van der Waals surface area contributed by atoms with E-state index in [1.165, 1.54) is 5.56 Å². The molecule has 84 valence electrons. The van der Waals surface area contributed by atoms with Crippen molar-refractivity contribution in [2.75, 3.05) is 6.61 Å². The molecule has 0 radical (unpaired) electrons. The van der Waals surface area contributed by atoms with Gasteiger partial charge in [-0.2, -0.15) is 0 Å². The first-order chi connectivity index (χ1) is 7.19. The molecular weight excluding hydrogens is 254 g/mol. The van der Waals surface area contributed by atoms with Crippen LogP contribution in [0.4, 0.5) is 0 Å². The lowest BCUT2D eigenvalue weighted by molar-refractivity contribution is 0.230. The number of nitrogens with one attached hydrogen (secondary N) is 1. The van der Waals surface area contributed by atoms with Gasteiger partial charge < -0.3 is 10.4 Å². The summed E-state index contributed by atoms with van der Waals surface area (Å²) in [6.45, 7) is 4.37. The van der Waals surface area contributed by atoms with Gasteiger partial charge in [0.15, 0.2) is 0 Å². The molecule has 15 heavy (non-hydrogen) atoms. The van der Waals surface area contributed by atoms with Crippen molar-refractivity contribution in [2.24, 2.45) is 0 Å². The second-order valence-corrected chi connectivity index (χ2v) is 4.55. The molecule has 1 aromatic carbocycles. The third kappa shape index (κ3) is 3.59. The Hall–Kier alpha value is -0.380. The van der Waals surface area contributed by atoms with Crippen LogP contribution in [0.5, 0.6) is 0 Å². The van der Waals surface area contributed by atoms with Crippen LogP contribution in [0.25, 0.3) is 0 Å². The lowest BCUT2D eigenvalue weighted by atomic mass is 10.1. The second kappa shape index (κ2) is 6.26. The number of halogens is 1. The van der Waals surface area contributed by atoms with Crippen LogP contribution in [0, 0.1) is 0 Å². The minimum Gasteiger partial charge on any atom is -0.395 e. The van der Waals surface area contributed by atoms with Crippen LogP contribution < -0.4 is 5.32 Å². The van der Waals surface area contributed by atoms with E-state index < -0.39 is 0 Å². The molecule has 2 N–H and O–H groups in total. The predicted octanol–water partition coefficient (Wildman–Crippen LogP) is 2.87. The molecule has 2 unspecified atom stereocenters. The fourth-order valence-corrected chi connectivity index (χ4v) is 2.20. The zero-order valence-corrected chi connectivity index (χ0v) is 10.8. The molecule has 0 bridgehead atoms. The summed E-state index contributed by atoms with van der Waals surface area (Å²) in [4.78, 5) is 0. The molecular formula is C12H18BrNO. The minimum atomic E-state index is 0.173. The molecule has 3 heteroatoms. The van der Waals surface area contributed by atoms with Crippen molar-refractivity contribution in [3.05, 3.63) is 34.3 Å². The van der Waals surface area contributed by atoms with Gasteiger partial charge in [0.1, 0.15) is 0 Å². The summed E-state index contributed by atoms with van der Waals surface area (Å²) in [5.74, 6) is 0. The Bertz CT molecular complexity index is 299. The fraction of sp³-hybridized carbons (Fsp3) is 0.500. The maximum Gasteiger partial charge on any atom is 0.0584 e. The zero-order valence-electron chi connectivity index (χ0n) is 9.20. The highest BCUT2D eigenvalue weighted by molar-refractivity contribution is 9.10. The maximum absolute atomic E-state index is 9.12. The van der Waals surface area contributed by atoms with Crippen molar-refractivity contribution in [3.8, 4) is 0 Å². The molecule has 2 nitrogen and oxygen atoms in total. The van der Waals surface area contributed by atoms with E-state index in [2.05, 4.69) is 41.2 Å². The number of hydrogen-bond donors (Lipinski definition) is 2. The summed E-state index contributed by atoms with van der Waals surface area (Å²) in [5, 5.41) is 12.5. The average molecular weight is 272 g/mol. The van der Waals surface area contributed by atoms with Crippen molar-refractivity contribution in [2.45, 2.75) is 32.4 Å². The third-order valence-corrected chi connectivity index (χ3v) is 3.29. The van der Waals surface area contributed by atoms with Gasteiger partial charge in [-0.15, -0.1) is 0 Å². The fourth-order valence-electron chi connectivity index (χ4n) is 1.57. The first-order valence-corrected chi connectivity index (χ1v) is 6.09. The van der Waals surface area contributed by atoms with E-state index in [1.807, 2.05) is 18.2 Å². The van der Waals surface area contributed by atoms with Gasteiger partial charge in [0.25, 0.3) is 0 Å². The number of rotatable bonds is 5. The average Bonchev–Trinajstić information content (AvgIpc) is 2.26. The van der Waals surface area contributed by atoms with Gasteiger partial charge >= 0.3 is 0 Å².